The van der Waals surface area contributed by atoms with E-state index in [0.717, 1.165) is 43.7 Å². The lowest BCUT2D eigenvalue weighted by molar-refractivity contribution is 0.0682. The average Bonchev–Trinajstić information content (AvgIpc) is 3.17. The van der Waals surface area contributed by atoms with E-state index in [1.807, 2.05) is 42.5 Å². The summed E-state index contributed by atoms with van der Waals surface area (Å²) < 4.78 is 11.4. The van der Waals surface area contributed by atoms with Crippen LogP contribution in [0.4, 0.5) is 15.3 Å². The molecular formula is C26H33N5O5. The summed E-state index contributed by atoms with van der Waals surface area (Å²) in [6.45, 7) is 5.43. The molecule has 1 aromatic heterocycles. The van der Waals surface area contributed by atoms with Gasteiger partial charge in [-0.25, -0.2) is 14.6 Å². The number of carbonyl (C=O) groups is 2. The number of hydrogen-bond donors (Lipinski definition) is 1. The van der Waals surface area contributed by atoms with E-state index in [1.165, 1.54) is 4.90 Å². The zero-order valence-corrected chi connectivity index (χ0v) is 20.4. The second kappa shape index (κ2) is 11.0. The van der Waals surface area contributed by atoms with Crippen molar-refractivity contribution in [2.75, 3.05) is 57.3 Å². The molecule has 10 nitrogen and oxygen atoms in total. The molecule has 0 aliphatic carbocycles. The Balaban J connectivity index is 1.05. The minimum atomic E-state index is -0.838. The first-order chi connectivity index (χ1) is 17.6. The number of anilines is 1. The van der Waals surface area contributed by atoms with Crippen molar-refractivity contribution < 1.29 is 24.2 Å². The topological polar surface area (TPSA) is 98.7 Å². The lowest BCUT2D eigenvalue weighted by atomic mass is 10.1. The number of likely N-dealkylation sites (tertiary alicyclic amines) is 1. The Bertz CT molecular complexity index is 1030. The fraction of sp³-hybridized carbons (Fsp3) is 0.500. The highest BCUT2D eigenvalue weighted by Gasteiger charge is 2.41. The number of nitrogens with zero attached hydrogens (tertiary/aromatic N) is 5. The van der Waals surface area contributed by atoms with Gasteiger partial charge < -0.3 is 29.3 Å². The van der Waals surface area contributed by atoms with Crippen LogP contribution in [-0.4, -0.2) is 101 Å². The highest BCUT2D eigenvalue weighted by molar-refractivity contribution is 5.68. The third-order valence-electron chi connectivity index (χ3n) is 7.26. The zero-order chi connectivity index (χ0) is 24.9. The molecule has 0 radical (unpaired) electrons. The van der Waals surface area contributed by atoms with Crippen molar-refractivity contribution >= 4 is 17.9 Å². The lowest BCUT2D eigenvalue weighted by Crippen LogP contribution is -2.55. The van der Waals surface area contributed by atoms with Crippen LogP contribution in [0.3, 0.4) is 0 Å². The van der Waals surface area contributed by atoms with E-state index in [-0.39, 0.29) is 24.8 Å². The van der Waals surface area contributed by atoms with Crippen molar-refractivity contribution in [3.63, 3.8) is 0 Å². The van der Waals surface area contributed by atoms with Gasteiger partial charge in [0.25, 0.3) is 0 Å². The van der Waals surface area contributed by atoms with Gasteiger partial charge in [-0.3, -0.25) is 4.90 Å². The molecule has 5 rings (SSSR count). The molecule has 2 bridgehead atoms. The molecule has 3 saturated heterocycles. The fourth-order valence-electron chi connectivity index (χ4n) is 5.36. The molecule has 192 valence electrons. The van der Waals surface area contributed by atoms with Crippen molar-refractivity contribution in [1.29, 1.82) is 0 Å². The van der Waals surface area contributed by atoms with Gasteiger partial charge in [0.2, 0.25) is 5.88 Å². The Labute approximate surface area is 211 Å². The Morgan fingerprint density at radius 3 is 2.39 bits per heavy atom. The predicted octanol–water partition coefficient (Wildman–Crippen LogP) is 2.75. The normalized spacial score (nSPS) is 21.9. The van der Waals surface area contributed by atoms with Crippen LogP contribution in [0.25, 0.3) is 0 Å². The van der Waals surface area contributed by atoms with Gasteiger partial charge in [-0.05, 0) is 24.5 Å². The largest absolute Gasteiger partial charge is 0.476 e. The van der Waals surface area contributed by atoms with Gasteiger partial charge in [0, 0.05) is 75.8 Å². The van der Waals surface area contributed by atoms with Crippen molar-refractivity contribution in [1.82, 2.24) is 19.7 Å². The molecular weight excluding hydrogens is 462 g/mol. The van der Waals surface area contributed by atoms with Crippen molar-refractivity contribution in [2.24, 2.45) is 0 Å². The quantitative estimate of drug-likeness (QED) is 0.626. The van der Waals surface area contributed by atoms with Gasteiger partial charge in [-0.15, -0.1) is 0 Å². The summed E-state index contributed by atoms with van der Waals surface area (Å²) >= 11 is 0. The van der Waals surface area contributed by atoms with Gasteiger partial charge in [0.1, 0.15) is 13.2 Å². The molecule has 3 aliphatic rings. The van der Waals surface area contributed by atoms with Crippen LogP contribution in [0.1, 0.15) is 18.4 Å². The Hall–Kier alpha value is -3.53. The molecule has 2 aromatic rings. The van der Waals surface area contributed by atoms with E-state index >= 15 is 0 Å². The van der Waals surface area contributed by atoms with Crippen LogP contribution in [0.5, 0.6) is 5.88 Å². The summed E-state index contributed by atoms with van der Waals surface area (Å²) in [5, 5.41) is 9.36. The maximum absolute atomic E-state index is 12.4. The van der Waals surface area contributed by atoms with Crippen molar-refractivity contribution in [3.05, 3.63) is 54.2 Å². The van der Waals surface area contributed by atoms with Gasteiger partial charge in [0.05, 0.1) is 0 Å². The Morgan fingerprint density at radius 1 is 0.972 bits per heavy atom. The first-order valence-electron chi connectivity index (χ1n) is 12.6. The SMILES string of the molecule is O=C(O)N1CC2CCC(C1)N2c1ccnc(OCCN2CCN(C(=O)OCc3ccccc3)CC2)c1. The molecule has 3 aliphatic heterocycles. The number of rotatable bonds is 7. The maximum atomic E-state index is 12.4. The van der Waals surface area contributed by atoms with E-state index in [4.69, 9.17) is 9.47 Å². The Kier molecular flexibility index (Phi) is 7.41. The summed E-state index contributed by atoms with van der Waals surface area (Å²) in [4.78, 5) is 36.0. The maximum Gasteiger partial charge on any atom is 0.410 e. The van der Waals surface area contributed by atoms with Crippen molar-refractivity contribution in [3.8, 4) is 5.88 Å². The molecule has 0 spiro atoms. The van der Waals surface area contributed by atoms with Gasteiger partial charge >= 0.3 is 12.2 Å². The fourth-order valence-corrected chi connectivity index (χ4v) is 5.36. The molecule has 36 heavy (non-hydrogen) atoms. The molecule has 1 aromatic carbocycles. The number of carbonyl (C=O) groups excluding carboxylic acids is 1. The van der Waals surface area contributed by atoms with Gasteiger partial charge in [-0.2, -0.15) is 0 Å². The minimum Gasteiger partial charge on any atom is -0.476 e. The van der Waals surface area contributed by atoms with E-state index in [2.05, 4.69) is 14.8 Å². The van der Waals surface area contributed by atoms with Crippen LogP contribution in [0, 0.1) is 0 Å². The molecule has 2 atom stereocenters. The van der Waals surface area contributed by atoms with Crippen molar-refractivity contribution in [2.45, 2.75) is 31.5 Å². The minimum absolute atomic E-state index is 0.200. The van der Waals surface area contributed by atoms with E-state index < -0.39 is 6.09 Å². The number of carboxylic acid groups (broad SMARTS) is 1. The van der Waals surface area contributed by atoms with Crippen LogP contribution >= 0.6 is 0 Å². The highest BCUT2D eigenvalue weighted by Crippen LogP contribution is 2.35. The van der Waals surface area contributed by atoms with E-state index in [0.29, 0.717) is 38.7 Å². The number of benzene rings is 1. The first-order valence-corrected chi connectivity index (χ1v) is 12.6. The molecule has 3 fully saturated rings. The van der Waals surface area contributed by atoms with Crippen LogP contribution in [-0.2, 0) is 11.3 Å². The molecule has 4 heterocycles. The summed E-state index contributed by atoms with van der Waals surface area (Å²) in [5.74, 6) is 0.579. The predicted molar refractivity (Wildman–Crippen MR) is 133 cm³/mol. The number of hydrogen-bond acceptors (Lipinski definition) is 7. The van der Waals surface area contributed by atoms with E-state index in [1.54, 1.807) is 11.1 Å². The molecule has 10 heteroatoms. The molecule has 2 amide bonds. The zero-order valence-electron chi connectivity index (χ0n) is 20.4. The number of amides is 2. The third-order valence-corrected chi connectivity index (χ3v) is 7.26. The number of ether oxygens (including phenoxy) is 2. The average molecular weight is 496 g/mol. The third kappa shape index (κ3) is 5.64. The summed E-state index contributed by atoms with van der Waals surface area (Å²) in [6, 6.07) is 14.0. The van der Waals surface area contributed by atoms with Crippen LogP contribution in [0.15, 0.2) is 48.7 Å². The molecule has 0 saturated carbocycles. The summed E-state index contributed by atoms with van der Waals surface area (Å²) in [7, 11) is 0. The number of aromatic nitrogens is 1. The molecule has 1 N–H and O–H groups in total. The summed E-state index contributed by atoms with van der Waals surface area (Å²) in [5.41, 5.74) is 2.02. The van der Waals surface area contributed by atoms with E-state index in [9.17, 15) is 14.7 Å². The monoisotopic (exact) mass is 495 g/mol. The Morgan fingerprint density at radius 2 is 1.69 bits per heavy atom. The highest BCUT2D eigenvalue weighted by atomic mass is 16.6. The molecule has 2 unspecified atom stereocenters. The summed E-state index contributed by atoms with van der Waals surface area (Å²) in [6.07, 6.45) is 2.65. The number of piperazine rings is 2. The number of pyridine rings is 1. The second-order valence-corrected chi connectivity index (χ2v) is 9.55. The number of fused-ring (bicyclic) bond motifs is 2. The standard InChI is InChI=1S/C26H33N5O5/c32-25(33)30-17-22-6-7-23(18-30)31(22)21-8-9-27-24(16-21)35-15-14-28-10-12-29(13-11-28)26(34)36-19-20-4-2-1-3-5-20/h1-5,8-9,16,22-23H,6-7,10-15,17-19H2,(H,32,33). The lowest BCUT2D eigenvalue weighted by Gasteiger charge is -2.41. The van der Waals surface area contributed by atoms with Gasteiger partial charge in [0.15, 0.2) is 0 Å². The first kappa shape index (κ1) is 24.2. The van der Waals surface area contributed by atoms with Crippen LogP contribution in [0.2, 0.25) is 0 Å². The van der Waals surface area contributed by atoms with Gasteiger partial charge in [-0.1, -0.05) is 30.3 Å². The smallest absolute Gasteiger partial charge is 0.410 e. The second-order valence-electron chi connectivity index (χ2n) is 9.55. The van der Waals surface area contributed by atoms with Crippen LogP contribution < -0.4 is 9.64 Å².